The lowest BCUT2D eigenvalue weighted by Crippen LogP contribution is -2.12. The Morgan fingerprint density at radius 1 is 0.542 bits per heavy atom. The van der Waals surface area contributed by atoms with Gasteiger partial charge >= 0.3 is 25.8 Å². The molecule has 3 rings (SSSR count). The first kappa shape index (κ1) is 22.9. The number of hydrogen-bond acceptors (Lipinski definition) is 12. The van der Waals surface area contributed by atoms with Gasteiger partial charge in [-0.2, -0.15) is 0 Å². The van der Waals surface area contributed by atoms with Crippen LogP contribution in [-0.4, -0.2) is 62.1 Å². The average Bonchev–Trinajstić information content (AvgIpc) is 2.44. The first-order valence-electron chi connectivity index (χ1n) is 6.33. The van der Waals surface area contributed by atoms with Gasteiger partial charge in [0.2, 0.25) is 0 Å². The average molecular weight is 414 g/mol. The van der Waals surface area contributed by atoms with Gasteiger partial charge in [0.1, 0.15) is 6.79 Å². The van der Waals surface area contributed by atoms with E-state index in [0.717, 1.165) is 0 Å². The summed E-state index contributed by atoms with van der Waals surface area (Å²) < 4.78 is 57.1. The van der Waals surface area contributed by atoms with Gasteiger partial charge in [0.25, 0.3) is 0 Å². The predicted molar refractivity (Wildman–Crippen MR) is 80.8 cm³/mol. The predicted octanol–water partition coefficient (Wildman–Crippen LogP) is 2.51. The van der Waals surface area contributed by atoms with Crippen molar-refractivity contribution in [2.24, 2.45) is 0 Å². The Balaban J connectivity index is 0.000000196. The summed E-state index contributed by atoms with van der Waals surface area (Å²) >= 11 is 0. The molecule has 0 aliphatic carbocycles. The van der Waals surface area contributed by atoms with Crippen molar-refractivity contribution in [3.05, 3.63) is 0 Å². The monoisotopic (exact) mass is 414 g/mol. The van der Waals surface area contributed by atoms with Crippen molar-refractivity contribution in [1.82, 2.24) is 0 Å². The van der Waals surface area contributed by atoms with Crippen LogP contribution >= 0.6 is 25.8 Å². The molecule has 0 aromatic carbocycles. The van der Waals surface area contributed by atoms with Crippen LogP contribution in [0.5, 0.6) is 0 Å². The molecule has 0 saturated carbocycles. The summed E-state index contributed by atoms with van der Waals surface area (Å²) in [5.41, 5.74) is 0. The molecule has 0 atom stereocenters. The van der Waals surface area contributed by atoms with Crippen LogP contribution in [0.1, 0.15) is 0 Å². The third kappa shape index (κ3) is 11.4. The van der Waals surface area contributed by atoms with E-state index < -0.39 is 25.8 Å². The molecule has 3 aliphatic rings. The zero-order chi connectivity index (χ0) is 17.5. The van der Waals surface area contributed by atoms with Crippen molar-refractivity contribution in [3.8, 4) is 0 Å². The molecule has 3 heterocycles. The van der Waals surface area contributed by atoms with Crippen LogP contribution in [-0.2, 0) is 54.9 Å². The zero-order valence-electron chi connectivity index (χ0n) is 13.5. The molecule has 24 heavy (non-hydrogen) atoms. The molecule has 12 nitrogen and oxygen atoms in total. The van der Waals surface area contributed by atoms with Crippen molar-refractivity contribution in [3.63, 3.8) is 0 Å². The molecule has 0 bridgehead atoms. The van der Waals surface area contributed by atoms with Crippen LogP contribution in [0.25, 0.3) is 0 Å². The van der Waals surface area contributed by atoms with E-state index in [0.29, 0.717) is 27.2 Å². The number of ether oxygens (including phenoxy) is 3. The molecule has 3 saturated heterocycles. The van der Waals surface area contributed by atoms with E-state index in [4.69, 9.17) is 40.7 Å². The summed E-state index contributed by atoms with van der Waals surface area (Å²) in [6.45, 7) is 1.71. The maximum Gasteiger partial charge on any atom is 0.339 e. The van der Waals surface area contributed by atoms with Crippen molar-refractivity contribution in [2.75, 3.05) is 62.1 Å². The van der Waals surface area contributed by atoms with E-state index >= 15 is 0 Å². The highest BCUT2D eigenvalue weighted by Gasteiger charge is 2.26. The van der Waals surface area contributed by atoms with Crippen LogP contribution in [0, 0.1) is 0 Å². The summed E-state index contributed by atoms with van der Waals surface area (Å²) in [4.78, 5) is 0. The maximum absolute atomic E-state index is 4.94. The largest absolute Gasteiger partial charge is 0.359 e. The third-order valence-electron chi connectivity index (χ3n) is 1.78. The molecule has 144 valence electrons. The molecule has 0 spiro atoms. The number of methoxy groups -OCH3 is 3. The van der Waals surface area contributed by atoms with Crippen molar-refractivity contribution in [1.29, 1.82) is 0 Å². The minimum Gasteiger partial charge on any atom is -0.359 e. The Morgan fingerprint density at radius 3 is 1.08 bits per heavy atom. The molecule has 0 aromatic rings. The maximum atomic E-state index is 4.94. The van der Waals surface area contributed by atoms with Crippen LogP contribution < -0.4 is 0 Å². The van der Waals surface area contributed by atoms with E-state index in [1.807, 2.05) is 0 Å². The summed E-state index contributed by atoms with van der Waals surface area (Å²) in [6, 6.07) is 0. The van der Waals surface area contributed by atoms with Gasteiger partial charge in [-0.15, -0.1) is 0 Å². The highest BCUT2D eigenvalue weighted by atomic mass is 31.2. The van der Waals surface area contributed by atoms with Crippen LogP contribution in [0.15, 0.2) is 0 Å². The van der Waals surface area contributed by atoms with E-state index in [1.54, 1.807) is 21.3 Å². The fourth-order valence-electron chi connectivity index (χ4n) is 0.834. The molecule has 3 fully saturated rings. The number of rotatable bonds is 9. The quantitative estimate of drug-likeness (QED) is 0.408. The van der Waals surface area contributed by atoms with Gasteiger partial charge in [-0.1, -0.05) is 0 Å². The minimum absolute atomic E-state index is 0.0947. The van der Waals surface area contributed by atoms with E-state index in [2.05, 4.69) is 14.2 Å². The van der Waals surface area contributed by atoms with Gasteiger partial charge in [0.05, 0.1) is 0 Å². The fraction of sp³-hybridized carbons (Fsp3) is 1.00. The Morgan fingerprint density at radius 2 is 0.875 bits per heavy atom. The van der Waals surface area contributed by atoms with E-state index in [1.165, 1.54) is 0 Å². The van der Waals surface area contributed by atoms with Gasteiger partial charge in [0, 0.05) is 21.3 Å². The Hall–Kier alpha value is 0.810. The first-order chi connectivity index (χ1) is 11.8. The molecular formula is C9H21O12P3. The normalized spacial score (nSPS) is 20.6. The molecule has 0 amide bonds. The Labute approximate surface area is 143 Å². The Bertz CT molecular complexity index is 262. The van der Waals surface area contributed by atoms with Crippen molar-refractivity contribution < 1.29 is 54.9 Å². The molecule has 0 N–H and O–H groups in total. The SMILES string of the molecule is C1OP(OCOP2OCO2)O1.COCOC.COCOP1OCO1. The lowest BCUT2D eigenvalue weighted by molar-refractivity contribution is -0.0550. The van der Waals surface area contributed by atoms with E-state index in [9.17, 15) is 0 Å². The second-order valence-electron chi connectivity index (χ2n) is 3.41. The van der Waals surface area contributed by atoms with Crippen LogP contribution in [0.2, 0.25) is 0 Å². The molecule has 0 aromatic heterocycles. The summed E-state index contributed by atoms with van der Waals surface area (Å²) in [6.07, 6.45) is 0. The first-order valence-corrected chi connectivity index (χ1v) is 9.62. The second kappa shape index (κ2) is 16.0. The van der Waals surface area contributed by atoms with Crippen molar-refractivity contribution >= 4 is 25.8 Å². The lowest BCUT2D eigenvalue weighted by atomic mass is 11.4. The van der Waals surface area contributed by atoms with E-state index in [-0.39, 0.29) is 13.6 Å². The standard InChI is InChI=1S/C3H6O6P2.C3H7O4P.C3H8O2/c1-4-10(5-1)8-3-9-11-6-2-7-11;1-4-2-5-8-6-3-7-8;1-4-3-5-2/h1-3H2;2-3H2,1H3;3H2,1-2H3. The van der Waals surface area contributed by atoms with Crippen LogP contribution in [0.4, 0.5) is 0 Å². The van der Waals surface area contributed by atoms with Gasteiger partial charge in [-0.25, -0.2) is 0 Å². The minimum atomic E-state index is -1.14. The number of hydrogen-bond donors (Lipinski definition) is 0. The van der Waals surface area contributed by atoms with Gasteiger partial charge in [-0.3, -0.25) is 40.7 Å². The van der Waals surface area contributed by atoms with Gasteiger partial charge < -0.3 is 14.2 Å². The zero-order valence-corrected chi connectivity index (χ0v) is 16.2. The molecule has 3 aliphatic heterocycles. The molecule has 15 heteroatoms. The summed E-state index contributed by atoms with van der Waals surface area (Å²) in [5, 5.41) is 0. The summed E-state index contributed by atoms with van der Waals surface area (Å²) in [7, 11) is 1.43. The molecular weight excluding hydrogens is 393 g/mol. The molecule has 0 unspecified atom stereocenters. The highest BCUT2D eigenvalue weighted by Crippen LogP contribution is 2.51. The highest BCUT2D eigenvalue weighted by molar-refractivity contribution is 7.43. The Kier molecular flexibility index (Phi) is 15.3. The third-order valence-corrected chi connectivity index (χ3v) is 4.62. The van der Waals surface area contributed by atoms with Gasteiger partial charge in [0.15, 0.2) is 34.0 Å². The lowest BCUT2D eigenvalue weighted by Gasteiger charge is -2.26. The smallest absolute Gasteiger partial charge is 0.339 e. The van der Waals surface area contributed by atoms with Crippen molar-refractivity contribution in [2.45, 2.75) is 0 Å². The molecule has 0 radical (unpaired) electrons. The topological polar surface area (TPSA) is 111 Å². The fourth-order valence-corrected chi connectivity index (χ4v) is 2.41. The second-order valence-corrected chi connectivity index (χ2v) is 7.07. The van der Waals surface area contributed by atoms with Gasteiger partial charge in [-0.05, 0) is 0 Å². The summed E-state index contributed by atoms with van der Waals surface area (Å²) in [5.74, 6) is 0. The van der Waals surface area contributed by atoms with Crippen LogP contribution in [0.3, 0.4) is 0 Å².